The average Bonchev–Trinajstić information content (AvgIpc) is 3.13. The second kappa shape index (κ2) is 9.23. The number of fused-ring (bicyclic) bond motifs is 1. The number of aryl methyl sites for hydroxylation is 1. The number of carbonyl (C=O) groups is 1. The Morgan fingerprint density at radius 2 is 1.46 bits per heavy atom. The lowest BCUT2D eigenvalue weighted by Crippen LogP contribution is -2.06. The summed E-state index contributed by atoms with van der Waals surface area (Å²) in [6.07, 6.45) is 0. The smallest absolute Gasteiger partial charge is 0.210 e. The molecule has 2 N–H and O–H groups in total. The van der Waals surface area contributed by atoms with E-state index in [1.807, 2.05) is 42.8 Å². The normalized spacial score (nSPS) is 11.1. The van der Waals surface area contributed by atoms with Gasteiger partial charge in [0.15, 0.2) is 5.78 Å². The van der Waals surface area contributed by atoms with Crippen molar-refractivity contribution >= 4 is 28.4 Å². The summed E-state index contributed by atoms with van der Waals surface area (Å²) in [5.74, 6) is 0.467. The van der Waals surface area contributed by atoms with Crippen molar-refractivity contribution in [3.63, 3.8) is 0 Å². The fourth-order valence-electron chi connectivity index (χ4n) is 4.08. The molecule has 0 fully saturated rings. The minimum atomic E-state index is 0.00157. The first-order valence-electron chi connectivity index (χ1n) is 11.0. The molecule has 0 aliphatic heterocycles. The molecule has 5 rings (SSSR count). The van der Waals surface area contributed by atoms with Gasteiger partial charge < -0.3 is 14.8 Å². The number of aromatic nitrogens is 4. The Morgan fingerprint density at radius 3 is 2.11 bits per heavy atom. The molecule has 0 aliphatic rings. The molecule has 5 aromatic rings. The van der Waals surface area contributed by atoms with E-state index in [-0.39, 0.29) is 23.0 Å². The minimum absolute atomic E-state index is 0.00157. The van der Waals surface area contributed by atoms with Crippen molar-refractivity contribution in [3.05, 3.63) is 84.1 Å². The molecule has 0 unspecified atom stereocenters. The van der Waals surface area contributed by atoms with Gasteiger partial charge in [0.05, 0.1) is 5.75 Å². The highest BCUT2D eigenvalue weighted by molar-refractivity contribution is 7.99. The monoisotopic (exact) mass is 482 g/mol. The van der Waals surface area contributed by atoms with Crippen molar-refractivity contribution in [1.29, 1.82) is 0 Å². The van der Waals surface area contributed by atoms with E-state index in [9.17, 15) is 15.0 Å². The number of Topliss-reactive ketones (excluding diaryl/α,β-unsaturated/α-hetero) is 1. The predicted octanol–water partition coefficient (Wildman–Crippen LogP) is 5.39. The van der Waals surface area contributed by atoms with Crippen LogP contribution in [0.3, 0.4) is 0 Å². The second-order valence-electron chi connectivity index (χ2n) is 8.13. The van der Waals surface area contributed by atoms with Crippen LogP contribution in [0.2, 0.25) is 0 Å². The van der Waals surface area contributed by atoms with Gasteiger partial charge in [-0.05, 0) is 61.5 Å². The van der Waals surface area contributed by atoms with E-state index in [1.165, 1.54) is 11.8 Å². The predicted molar refractivity (Wildman–Crippen MR) is 137 cm³/mol. The summed E-state index contributed by atoms with van der Waals surface area (Å²) >= 11 is 1.24. The van der Waals surface area contributed by atoms with Gasteiger partial charge in [-0.15, -0.1) is 10.2 Å². The van der Waals surface area contributed by atoms with Crippen molar-refractivity contribution in [2.45, 2.75) is 12.1 Å². The van der Waals surface area contributed by atoms with Gasteiger partial charge in [-0.1, -0.05) is 30.0 Å². The van der Waals surface area contributed by atoms with Crippen LogP contribution in [0.15, 0.2) is 78.0 Å². The first-order chi connectivity index (χ1) is 16.9. The van der Waals surface area contributed by atoms with Gasteiger partial charge in [0.2, 0.25) is 5.16 Å². The molecule has 0 radical (unpaired) electrons. The number of benzene rings is 3. The van der Waals surface area contributed by atoms with Gasteiger partial charge in [-0.3, -0.25) is 4.79 Å². The van der Waals surface area contributed by atoms with Crippen molar-refractivity contribution in [2.75, 3.05) is 5.75 Å². The lowest BCUT2D eigenvalue weighted by molar-refractivity contribution is 0.102. The van der Waals surface area contributed by atoms with Crippen molar-refractivity contribution < 1.29 is 15.0 Å². The summed E-state index contributed by atoms with van der Waals surface area (Å²) in [5.41, 5.74) is 5.25. The topological polar surface area (TPSA) is 101 Å². The lowest BCUT2D eigenvalue weighted by atomic mass is 10.0. The number of phenolic OH excluding ortho intramolecular Hbond substituents is 2. The zero-order valence-electron chi connectivity index (χ0n) is 19.1. The standard InChI is InChI=1S/C27H22N4O3S/c1-16-24(21-5-3-4-6-22(21)31(16)2)23(34)15-35-27-28-25(17-7-11-19(32)12-8-17)26(29-30-27)18-9-13-20(33)14-10-18/h3-14,32-33H,15H2,1-2H3. The van der Waals surface area contributed by atoms with Crippen LogP contribution in [0.1, 0.15) is 16.1 Å². The maximum absolute atomic E-state index is 13.2. The highest BCUT2D eigenvalue weighted by atomic mass is 32.2. The van der Waals surface area contributed by atoms with Crippen molar-refractivity contribution in [3.8, 4) is 34.0 Å². The van der Waals surface area contributed by atoms with E-state index >= 15 is 0 Å². The molecule has 174 valence electrons. The van der Waals surface area contributed by atoms with Crippen LogP contribution >= 0.6 is 11.8 Å². The summed E-state index contributed by atoms with van der Waals surface area (Å²) in [6, 6.07) is 21.2. The van der Waals surface area contributed by atoms with E-state index in [0.717, 1.165) is 27.7 Å². The molecule has 3 aromatic carbocycles. The zero-order chi connectivity index (χ0) is 24.5. The molecule has 0 amide bonds. The van der Waals surface area contributed by atoms with Crippen LogP contribution in [-0.2, 0) is 7.05 Å². The van der Waals surface area contributed by atoms with Gasteiger partial charge in [0.25, 0.3) is 0 Å². The molecule has 0 saturated heterocycles. The maximum atomic E-state index is 13.2. The summed E-state index contributed by atoms with van der Waals surface area (Å²) in [6.45, 7) is 1.95. The van der Waals surface area contributed by atoms with Crippen molar-refractivity contribution in [1.82, 2.24) is 19.7 Å². The molecule has 2 heterocycles. The molecule has 0 spiro atoms. The fraction of sp³-hybridized carbons (Fsp3) is 0.111. The lowest BCUT2D eigenvalue weighted by Gasteiger charge is -2.10. The molecule has 8 heteroatoms. The quantitative estimate of drug-likeness (QED) is 0.247. The van der Waals surface area contributed by atoms with Crippen LogP contribution in [0.4, 0.5) is 0 Å². The maximum Gasteiger partial charge on any atom is 0.210 e. The van der Waals surface area contributed by atoms with E-state index in [0.29, 0.717) is 22.1 Å². The number of phenols is 2. The number of rotatable bonds is 6. The summed E-state index contributed by atoms with van der Waals surface area (Å²) in [4.78, 5) is 17.9. The molecular formula is C27H22N4O3S. The van der Waals surface area contributed by atoms with E-state index in [1.54, 1.807) is 48.5 Å². The third-order valence-corrected chi connectivity index (χ3v) is 6.80. The van der Waals surface area contributed by atoms with Crippen LogP contribution in [0.25, 0.3) is 33.4 Å². The number of hydrogen-bond donors (Lipinski definition) is 2. The highest BCUT2D eigenvalue weighted by Gasteiger charge is 2.20. The van der Waals surface area contributed by atoms with Crippen LogP contribution in [0.5, 0.6) is 11.5 Å². The molecule has 0 saturated carbocycles. The minimum Gasteiger partial charge on any atom is -0.508 e. The fourth-order valence-corrected chi connectivity index (χ4v) is 4.74. The number of ketones is 1. The third-order valence-electron chi connectivity index (χ3n) is 5.96. The molecule has 2 aromatic heterocycles. The van der Waals surface area contributed by atoms with Gasteiger partial charge in [-0.2, -0.15) is 0 Å². The Balaban J connectivity index is 1.48. The third kappa shape index (κ3) is 4.36. The first kappa shape index (κ1) is 22.6. The number of thioether (sulfide) groups is 1. The molecule has 35 heavy (non-hydrogen) atoms. The molecule has 0 bridgehead atoms. The number of para-hydroxylation sites is 1. The Morgan fingerprint density at radius 1 is 0.857 bits per heavy atom. The van der Waals surface area contributed by atoms with Crippen LogP contribution in [-0.4, -0.2) is 41.5 Å². The number of carbonyl (C=O) groups excluding carboxylic acids is 1. The van der Waals surface area contributed by atoms with Crippen LogP contribution in [0, 0.1) is 6.92 Å². The Labute approximate surface area is 206 Å². The molecular weight excluding hydrogens is 460 g/mol. The largest absolute Gasteiger partial charge is 0.508 e. The van der Waals surface area contributed by atoms with Crippen molar-refractivity contribution in [2.24, 2.45) is 7.05 Å². The summed E-state index contributed by atoms with van der Waals surface area (Å²) in [7, 11) is 1.96. The Kier molecular flexibility index (Phi) is 5.96. The van der Waals surface area contributed by atoms with E-state index in [2.05, 4.69) is 10.2 Å². The second-order valence-corrected chi connectivity index (χ2v) is 9.08. The number of nitrogens with zero attached hydrogens (tertiary/aromatic N) is 4. The average molecular weight is 483 g/mol. The highest BCUT2D eigenvalue weighted by Crippen LogP contribution is 2.32. The van der Waals surface area contributed by atoms with Gasteiger partial charge in [-0.25, -0.2) is 4.98 Å². The summed E-state index contributed by atoms with van der Waals surface area (Å²) in [5, 5.41) is 29.3. The van der Waals surface area contributed by atoms with Gasteiger partial charge in [0.1, 0.15) is 22.9 Å². The molecule has 0 atom stereocenters. The van der Waals surface area contributed by atoms with E-state index in [4.69, 9.17) is 4.98 Å². The Hall–Kier alpha value is -4.17. The molecule has 7 nitrogen and oxygen atoms in total. The first-order valence-corrected chi connectivity index (χ1v) is 11.9. The number of hydrogen-bond acceptors (Lipinski definition) is 7. The van der Waals surface area contributed by atoms with E-state index < -0.39 is 0 Å². The number of aromatic hydroxyl groups is 2. The van der Waals surface area contributed by atoms with Gasteiger partial charge >= 0.3 is 0 Å². The van der Waals surface area contributed by atoms with Gasteiger partial charge in [0, 0.05) is 40.3 Å². The molecule has 0 aliphatic carbocycles. The van der Waals surface area contributed by atoms with Crippen LogP contribution < -0.4 is 0 Å². The summed E-state index contributed by atoms with van der Waals surface area (Å²) < 4.78 is 2.03. The Bertz CT molecular complexity index is 1540. The SMILES string of the molecule is Cc1c(C(=O)CSc2nnc(-c3ccc(O)cc3)c(-c3ccc(O)cc3)n2)c2ccccc2n1C. The zero-order valence-corrected chi connectivity index (χ0v) is 20.0.